The molecule has 0 bridgehead atoms. The van der Waals surface area contributed by atoms with E-state index < -0.39 is 23.7 Å². The summed E-state index contributed by atoms with van der Waals surface area (Å²) < 4.78 is 39.4. The second-order valence-electron chi connectivity index (χ2n) is 8.70. The number of hydrogen-bond donors (Lipinski definition) is 1. The third-order valence-corrected chi connectivity index (χ3v) is 6.23. The number of benzene rings is 2. The maximum Gasteiger partial charge on any atom is 0.418 e. The Morgan fingerprint density at radius 1 is 1.03 bits per heavy atom. The molecule has 6 nitrogen and oxygen atoms in total. The van der Waals surface area contributed by atoms with E-state index >= 15 is 0 Å². The molecule has 0 spiro atoms. The van der Waals surface area contributed by atoms with Crippen LogP contribution in [0, 0.1) is 6.92 Å². The Balaban J connectivity index is 1.50. The van der Waals surface area contributed by atoms with Gasteiger partial charge in [0.05, 0.1) is 23.8 Å². The summed E-state index contributed by atoms with van der Waals surface area (Å²) in [6, 6.07) is 12.6. The molecule has 0 aliphatic carbocycles. The zero-order valence-electron chi connectivity index (χ0n) is 19.7. The number of anilines is 1. The largest absolute Gasteiger partial charge is 0.418 e. The first kappa shape index (κ1) is 25.7. The first-order chi connectivity index (χ1) is 16.1. The Kier molecular flexibility index (Phi) is 8.33. The monoisotopic (exact) mass is 476 g/mol. The van der Waals surface area contributed by atoms with E-state index in [2.05, 4.69) is 34.2 Å². The molecule has 1 aliphatic heterocycles. The number of amides is 2. The average molecular weight is 477 g/mol. The maximum absolute atomic E-state index is 13.1. The highest BCUT2D eigenvalue weighted by molar-refractivity contribution is 5.95. The molecule has 1 fully saturated rings. The van der Waals surface area contributed by atoms with Gasteiger partial charge in [0.1, 0.15) is 0 Å². The predicted octanol–water partition coefficient (Wildman–Crippen LogP) is 3.62. The molecule has 9 heteroatoms. The number of hydrogen-bond acceptors (Lipinski definition) is 4. The highest BCUT2D eigenvalue weighted by Gasteiger charge is 2.34. The topological polar surface area (TPSA) is 55.9 Å². The van der Waals surface area contributed by atoms with Gasteiger partial charge in [-0.1, -0.05) is 36.4 Å². The molecule has 1 heterocycles. The van der Waals surface area contributed by atoms with E-state index in [9.17, 15) is 22.8 Å². The zero-order chi connectivity index (χ0) is 24.9. The fraction of sp³-hybridized carbons (Fsp3) is 0.440. The van der Waals surface area contributed by atoms with Gasteiger partial charge in [0, 0.05) is 39.8 Å². The summed E-state index contributed by atoms with van der Waals surface area (Å²) in [7, 11) is 1.49. The average Bonchev–Trinajstić information content (AvgIpc) is 2.79. The van der Waals surface area contributed by atoms with Gasteiger partial charge < -0.3 is 10.2 Å². The van der Waals surface area contributed by atoms with Crippen molar-refractivity contribution in [1.82, 2.24) is 14.7 Å². The predicted molar refractivity (Wildman–Crippen MR) is 125 cm³/mol. The van der Waals surface area contributed by atoms with Crippen molar-refractivity contribution in [3.8, 4) is 0 Å². The Hall–Kier alpha value is -2.91. The second kappa shape index (κ2) is 11.0. The number of rotatable bonds is 7. The number of nitrogens with zero attached hydrogens (tertiary/aromatic N) is 3. The van der Waals surface area contributed by atoms with Crippen molar-refractivity contribution < 1.29 is 22.8 Å². The minimum atomic E-state index is -4.58. The molecule has 184 valence electrons. The van der Waals surface area contributed by atoms with Crippen molar-refractivity contribution in [1.29, 1.82) is 0 Å². The van der Waals surface area contributed by atoms with Crippen LogP contribution in [0.2, 0.25) is 0 Å². The number of alkyl halides is 3. The van der Waals surface area contributed by atoms with Crippen LogP contribution in [-0.2, 0) is 22.3 Å². The summed E-state index contributed by atoms with van der Waals surface area (Å²) in [5, 5.41) is 2.28. The molecule has 0 aromatic heterocycles. The van der Waals surface area contributed by atoms with Crippen LogP contribution in [0.15, 0.2) is 48.5 Å². The van der Waals surface area contributed by atoms with Gasteiger partial charge in [0.25, 0.3) is 0 Å². The molecule has 34 heavy (non-hydrogen) atoms. The van der Waals surface area contributed by atoms with E-state index in [4.69, 9.17) is 0 Å². The SMILES string of the molecule is Cc1ccccc1CN1CCN([C@H](C)C(=O)N(C)CC(=O)Nc2ccccc2C(F)(F)F)CC1. The van der Waals surface area contributed by atoms with Gasteiger partial charge in [-0.3, -0.25) is 19.4 Å². The van der Waals surface area contributed by atoms with Crippen molar-refractivity contribution in [2.45, 2.75) is 32.6 Å². The molecule has 0 saturated carbocycles. The summed E-state index contributed by atoms with van der Waals surface area (Å²) in [4.78, 5) is 30.9. The molecule has 3 rings (SSSR count). The molecule has 1 N–H and O–H groups in total. The van der Waals surface area contributed by atoms with E-state index in [1.165, 1.54) is 41.3 Å². The van der Waals surface area contributed by atoms with E-state index in [-0.39, 0.29) is 18.1 Å². The Labute approximate surface area is 198 Å². The summed E-state index contributed by atoms with van der Waals surface area (Å²) in [5.74, 6) is -0.922. The van der Waals surface area contributed by atoms with Crippen molar-refractivity contribution >= 4 is 17.5 Å². The zero-order valence-corrected chi connectivity index (χ0v) is 19.7. The van der Waals surface area contributed by atoms with E-state index in [0.717, 1.165) is 38.8 Å². The number of halogens is 3. The van der Waals surface area contributed by atoms with E-state index in [1.807, 2.05) is 12.1 Å². The van der Waals surface area contributed by atoms with Gasteiger partial charge in [-0.15, -0.1) is 0 Å². The number of likely N-dealkylation sites (N-methyl/N-ethyl adjacent to an activating group) is 1. The van der Waals surface area contributed by atoms with Gasteiger partial charge >= 0.3 is 6.18 Å². The summed E-state index contributed by atoms with van der Waals surface area (Å²) >= 11 is 0. The minimum absolute atomic E-state index is 0.244. The molecule has 0 radical (unpaired) electrons. The van der Waals surface area contributed by atoms with E-state index in [1.54, 1.807) is 6.92 Å². The van der Waals surface area contributed by atoms with Crippen LogP contribution in [0.4, 0.5) is 18.9 Å². The van der Waals surface area contributed by atoms with Crippen molar-refractivity contribution in [3.63, 3.8) is 0 Å². The van der Waals surface area contributed by atoms with Gasteiger partial charge in [-0.05, 0) is 37.1 Å². The van der Waals surface area contributed by atoms with Crippen LogP contribution < -0.4 is 5.32 Å². The lowest BCUT2D eigenvalue weighted by molar-refractivity contribution is -0.139. The van der Waals surface area contributed by atoms with Gasteiger partial charge in [0.15, 0.2) is 0 Å². The normalized spacial score (nSPS) is 16.2. The lowest BCUT2D eigenvalue weighted by Gasteiger charge is -2.38. The molecule has 1 saturated heterocycles. The Bertz CT molecular complexity index is 1000. The maximum atomic E-state index is 13.1. The third-order valence-electron chi connectivity index (χ3n) is 6.23. The third kappa shape index (κ3) is 6.57. The van der Waals surface area contributed by atoms with Crippen molar-refractivity contribution in [3.05, 3.63) is 65.2 Å². The van der Waals surface area contributed by atoms with Crippen LogP contribution in [0.25, 0.3) is 0 Å². The molecule has 0 unspecified atom stereocenters. The van der Waals surface area contributed by atoms with Crippen LogP contribution in [-0.4, -0.2) is 72.3 Å². The number of para-hydroxylation sites is 1. The van der Waals surface area contributed by atoms with Gasteiger partial charge in [0.2, 0.25) is 11.8 Å². The molecule has 1 atom stereocenters. The van der Waals surface area contributed by atoms with Gasteiger partial charge in [-0.25, -0.2) is 0 Å². The number of carbonyl (C=O) groups is 2. The Morgan fingerprint density at radius 3 is 2.29 bits per heavy atom. The lowest BCUT2D eigenvalue weighted by Crippen LogP contribution is -2.54. The minimum Gasteiger partial charge on any atom is -0.335 e. The molecule has 2 aromatic carbocycles. The number of nitrogens with one attached hydrogen (secondary N) is 1. The summed E-state index contributed by atoms with van der Waals surface area (Å²) in [6.45, 7) is 7.52. The highest BCUT2D eigenvalue weighted by Crippen LogP contribution is 2.34. The van der Waals surface area contributed by atoms with Crippen LogP contribution >= 0.6 is 0 Å². The fourth-order valence-electron chi connectivity index (χ4n) is 4.13. The van der Waals surface area contributed by atoms with E-state index in [0.29, 0.717) is 0 Å². The molecule has 2 aromatic rings. The molecule has 2 amide bonds. The standard InChI is InChI=1S/C25H31F3N4O2/c1-18-8-4-5-9-20(18)16-31-12-14-32(15-13-31)19(2)24(34)30(3)17-23(33)29-22-11-7-6-10-21(22)25(26,27)28/h4-11,19H,12-17H2,1-3H3,(H,29,33)/t19-/m1/s1. The molecular weight excluding hydrogens is 445 g/mol. The quantitative estimate of drug-likeness (QED) is 0.664. The molecular formula is C25H31F3N4O2. The summed E-state index contributed by atoms with van der Waals surface area (Å²) in [6.07, 6.45) is -4.58. The first-order valence-electron chi connectivity index (χ1n) is 11.3. The van der Waals surface area contributed by atoms with Crippen LogP contribution in [0.3, 0.4) is 0 Å². The van der Waals surface area contributed by atoms with Crippen LogP contribution in [0.1, 0.15) is 23.6 Å². The first-order valence-corrected chi connectivity index (χ1v) is 11.3. The number of carbonyl (C=O) groups excluding carboxylic acids is 2. The van der Waals surface area contributed by atoms with Gasteiger partial charge in [-0.2, -0.15) is 13.2 Å². The number of piperazine rings is 1. The fourth-order valence-corrected chi connectivity index (χ4v) is 4.13. The Morgan fingerprint density at radius 2 is 1.65 bits per heavy atom. The number of aryl methyl sites for hydroxylation is 1. The second-order valence-corrected chi connectivity index (χ2v) is 8.70. The van der Waals surface area contributed by atoms with Crippen molar-refractivity contribution in [2.24, 2.45) is 0 Å². The van der Waals surface area contributed by atoms with Crippen LogP contribution in [0.5, 0.6) is 0 Å². The highest BCUT2D eigenvalue weighted by atomic mass is 19.4. The smallest absolute Gasteiger partial charge is 0.335 e. The molecule has 1 aliphatic rings. The summed E-state index contributed by atoms with van der Waals surface area (Å²) in [5.41, 5.74) is 1.30. The lowest BCUT2D eigenvalue weighted by atomic mass is 10.1. The van der Waals surface area contributed by atoms with Crippen molar-refractivity contribution in [2.75, 3.05) is 45.1 Å².